The number of carbonyl (C=O) groups is 2. The average Bonchev–Trinajstić information content (AvgIpc) is 3.09. The molecule has 0 aromatic heterocycles. The zero-order chi connectivity index (χ0) is 12.6. The van der Waals surface area contributed by atoms with Crippen LogP contribution < -0.4 is 5.32 Å². The summed E-state index contributed by atoms with van der Waals surface area (Å²) in [5.74, 6) is 0.969. The molecule has 0 aliphatic heterocycles. The second-order valence-electron chi connectivity index (χ2n) is 6.07. The van der Waals surface area contributed by atoms with Crippen LogP contribution >= 0.6 is 0 Å². The average molecular weight is 239 g/mol. The van der Waals surface area contributed by atoms with Crippen molar-refractivity contribution in [1.82, 2.24) is 5.32 Å². The van der Waals surface area contributed by atoms with E-state index in [0.717, 1.165) is 12.3 Å². The molecule has 2 fully saturated rings. The molecule has 2 atom stereocenters. The van der Waals surface area contributed by atoms with Crippen LogP contribution in [0, 0.1) is 23.2 Å². The molecule has 2 rings (SSSR count). The molecular formula is C13H21NO3. The number of carboxylic acids is 1. The summed E-state index contributed by atoms with van der Waals surface area (Å²) in [6, 6.07) is 0. The zero-order valence-corrected chi connectivity index (χ0v) is 10.5. The van der Waals surface area contributed by atoms with Crippen molar-refractivity contribution in [3.8, 4) is 0 Å². The fourth-order valence-electron chi connectivity index (χ4n) is 2.30. The lowest BCUT2D eigenvalue weighted by atomic mass is 9.90. The second-order valence-corrected chi connectivity index (χ2v) is 6.07. The highest BCUT2D eigenvalue weighted by molar-refractivity contribution is 5.81. The van der Waals surface area contributed by atoms with Crippen molar-refractivity contribution >= 4 is 11.9 Å². The fourth-order valence-corrected chi connectivity index (χ4v) is 2.30. The van der Waals surface area contributed by atoms with Crippen LogP contribution in [0.1, 0.15) is 39.5 Å². The van der Waals surface area contributed by atoms with E-state index < -0.39 is 11.4 Å². The van der Waals surface area contributed by atoms with Gasteiger partial charge in [-0.1, -0.05) is 0 Å². The van der Waals surface area contributed by atoms with Crippen molar-refractivity contribution in [2.45, 2.75) is 39.5 Å². The van der Waals surface area contributed by atoms with Crippen LogP contribution in [-0.2, 0) is 9.59 Å². The zero-order valence-electron chi connectivity index (χ0n) is 10.5. The Hall–Kier alpha value is -1.06. The molecule has 2 aliphatic carbocycles. The van der Waals surface area contributed by atoms with Gasteiger partial charge in [0.15, 0.2) is 0 Å². The maximum absolute atomic E-state index is 11.7. The summed E-state index contributed by atoms with van der Waals surface area (Å²) in [6.45, 7) is 3.84. The summed E-state index contributed by atoms with van der Waals surface area (Å²) in [5.41, 5.74) is -0.757. The van der Waals surface area contributed by atoms with E-state index in [2.05, 4.69) is 5.32 Å². The Kier molecular flexibility index (Phi) is 3.15. The third-order valence-electron chi connectivity index (χ3n) is 4.03. The minimum atomic E-state index is -0.811. The molecule has 0 aromatic rings. The smallest absolute Gasteiger partial charge is 0.309 e. The number of hydrogen-bond donors (Lipinski definition) is 2. The van der Waals surface area contributed by atoms with Crippen LogP contribution in [0.4, 0.5) is 0 Å². The fraction of sp³-hybridized carbons (Fsp3) is 0.846. The summed E-state index contributed by atoms with van der Waals surface area (Å²) in [7, 11) is 0. The largest absolute Gasteiger partial charge is 0.481 e. The second kappa shape index (κ2) is 4.31. The maximum atomic E-state index is 11.7. The van der Waals surface area contributed by atoms with Gasteiger partial charge in [0.2, 0.25) is 5.91 Å². The Labute approximate surface area is 102 Å². The monoisotopic (exact) mass is 239 g/mol. The molecule has 0 aromatic carbocycles. The Morgan fingerprint density at radius 3 is 2.53 bits per heavy atom. The predicted molar refractivity (Wildman–Crippen MR) is 63.4 cm³/mol. The molecule has 4 nitrogen and oxygen atoms in total. The van der Waals surface area contributed by atoms with Gasteiger partial charge in [0.25, 0.3) is 0 Å². The van der Waals surface area contributed by atoms with Gasteiger partial charge in [-0.05, 0) is 51.4 Å². The van der Waals surface area contributed by atoms with Gasteiger partial charge in [-0.2, -0.15) is 0 Å². The standard InChI is InChI=1S/C13H21NO3/c1-13(2,12(16)17)5-6-14-11(15)10-7-9(10)8-3-4-8/h8-10H,3-7H2,1-2H3,(H,14,15)(H,16,17). The van der Waals surface area contributed by atoms with E-state index in [1.165, 1.54) is 12.8 Å². The first kappa shape index (κ1) is 12.4. The molecule has 2 unspecified atom stereocenters. The van der Waals surface area contributed by atoms with Gasteiger partial charge in [0, 0.05) is 12.5 Å². The molecule has 1 amide bonds. The lowest BCUT2D eigenvalue weighted by Crippen LogP contribution is -2.32. The lowest BCUT2D eigenvalue weighted by molar-refractivity contribution is -0.147. The first-order valence-corrected chi connectivity index (χ1v) is 6.43. The van der Waals surface area contributed by atoms with Crippen LogP contribution in [0.25, 0.3) is 0 Å². The third-order valence-corrected chi connectivity index (χ3v) is 4.03. The van der Waals surface area contributed by atoms with Crippen molar-refractivity contribution in [1.29, 1.82) is 0 Å². The lowest BCUT2D eigenvalue weighted by Gasteiger charge is -2.18. The number of nitrogens with one attached hydrogen (secondary N) is 1. The van der Waals surface area contributed by atoms with Crippen LogP contribution in [0.3, 0.4) is 0 Å². The number of carbonyl (C=O) groups excluding carboxylic acids is 1. The molecule has 96 valence electrons. The summed E-state index contributed by atoms with van der Waals surface area (Å²) in [4.78, 5) is 22.6. The first-order valence-electron chi connectivity index (χ1n) is 6.43. The summed E-state index contributed by atoms with van der Waals surface area (Å²) < 4.78 is 0. The molecule has 2 saturated carbocycles. The van der Waals surface area contributed by atoms with Gasteiger partial charge in [-0.25, -0.2) is 0 Å². The molecule has 0 heterocycles. The van der Waals surface area contributed by atoms with Crippen molar-refractivity contribution in [2.75, 3.05) is 6.54 Å². The molecule has 0 saturated heterocycles. The van der Waals surface area contributed by atoms with E-state index in [1.54, 1.807) is 13.8 Å². The molecule has 4 heteroatoms. The Bertz CT molecular complexity index is 334. The van der Waals surface area contributed by atoms with Gasteiger partial charge in [0.1, 0.15) is 0 Å². The summed E-state index contributed by atoms with van der Waals surface area (Å²) in [5, 5.41) is 11.8. The maximum Gasteiger partial charge on any atom is 0.309 e. The Balaban J connectivity index is 1.65. The quantitative estimate of drug-likeness (QED) is 0.740. The number of amides is 1. The van der Waals surface area contributed by atoms with Crippen LogP contribution in [0.15, 0.2) is 0 Å². The summed E-state index contributed by atoms with van der Waals surface area (Å²) >= 11 is 0. The van der Waals surface area contributed by atoms with Gasteiger partial charge in [-0.15, -0.1) is 0 Å². The molecule has 0 bridgehead atoms. The van der Waals surface area contributed by atoms with E-state index >= 15 is 0 Å². The highest BCUT2D eigenvalue weighted by Crippen LogP contribution is 2.54. The SMILES string of the molecule is CC(C)(CCNC(=O)C1CC1C1CC1)C(=O)O. The Morgan fingerprint density at radius 1 is 1.35 bits per heavy atom. The number of hydrogen-bond acceptors (Lipinski definition) is 2. The molecule has 2 aliphatic rings. The highest BCUT2D eigenvalue weighted by atomic mass is 16.4. The van der Waals surface area contributed by atoms with Gasteiger partial charge in [0.05, 0.1) is 5.41 Å². The van der Waals surface area contributed by atoms with Crippen LogP contribution in [0.5, 0.6) is 0 Å². The number of aliphatic carboxylic acids is 1. The summed E-state index contributed by atoms with van der Waals surface area (Å²) in [6.07, 6.45) is 4.11. The van der Waals surface area contributed by atoms with E-state index in [1.807, 2.05) is 0 Å². The van der Waals surface area contributed by atoms with E-state index in [4.69, 9.17) is 5.11 Å². The Morgan fingerprint density at radius 2 is 2.00 bits per heavy atom. The molecule has 0 spiro atoms. The highest BCUT2D eigenvalue weighted by Gasteiger charge is 2.50. The van der Waals surface area contributed by atoms with Crippen molar-refractivity contribution in [3.05, 3.63) is 0 Å². The number of carboxylic acid groups (broad SMARTS) is 1. The first-order chi connectivity index (χ1) is 7.92. The van der Waals surface area contributed by atoms with Crippen molar-refractivity contribution in [3.63, 3.8) is 0 Å². The topological polar surface area (TPSA) is 66.4 Å². The van der Waals surface area contributed by atoms with E-state index in [0.29, 0.717) is 18.9 Å². The van der Waals surface area contributed by atoms with Gasteiger partial charge >= 0.3 is 5.97 Å². The minimum absolute atomic E-state index is 0.128. The number of rotatable bonds is 6. The van der Waals surface area contributed by atoms with Gasteiger partial charge < -0.3 is 10.4 Å². The van der Waals surface area contributed by atoms with Crippen molar-refractivity contribution in [2.24, 2.45) is 23.2 Å². The van der Waals surface area contributed by atoms with Crippen LogP contribution in [-0.4, -0.2) is 23.5 Å². The third kappa shape index (κ3) is 2.99. The molecular weight excluding hydrogens is 218 g/mol. The van der Waals surface area contributed by atoms with Gasteiger partial charge in [-0.3, -0.25) is 9.59 Å². The van der Waals surface area contributed by atoms with E-state index in [-0.39, 0.29) is 11.8 Å². The van der Waals surface area contributed by atoms with Crippen molar-refractivity contribution < 1.29 is 14.7 Å². The molecule has 2 N–H and O–H groups in total. The molecule has 0 radical (unpaired) electrons. The van der Waals surface area contributed by atoms with Crippen LogP contribution in [0.2, 0.25) is 0 Å². The molecule has 17 heavy (non-hydrogen) atoms. The normalized spacial score (nSPS) is 27.6. The van der Waals surface area contributed by atoms with E-state index in [9.17, 15) is 9.59 Å². The minimum Gasteiger partial charge on any atom is -0.481 e. The predicted octanol–water partition coefficient (Wildman–Crippen LogP) is 1.65.